The van der Waals surface area contributed by atoms with E-state index in [1.54, 1.807) is 6.54 Å². The Balaban J connectivity index is 2.41. The van der Waals surface area contributed by atoms with Gasteiger partial charge in [0.1, 0.15) is 5.82 Å². The second-order valence-electron chi connectivity index (χ2n) is 4.71. The number of carbonyl (C=O) groups excluding carboxylic acids is 2. The molecule has 0 atom stereocenters. The monoisotopic (exact) mass is 299 g/mol. The van der Waals surface area contributed by atoms with E-state index < -0.39 is 11.7 Å². The Morgan fingerprint density at radius 1 is 1.40 bits per heavy atom. The van der Waals surface area contributed by atoms with Gasteiger partial charge in [0, 0.05) is 6.54 Å². The Kier molecular flexibility index (Phi) is 6.45. The number of nitrogens with one attached hydrogen (secondary N) is 2. The van der Waals surface area contributed by atoms with E-state index in [0.717, 1.165) is 18.6 Å². The van der Waals surface area contributed by atoms with Gasteiger partial charge in [0.05, 0.1) is 17.1 Å². The lowest BCUT2D eigenvalue weighted by Crippen LogP contribution is -2.36. The lowest BCUT2D eigenvalue weighted by Gasteiger charge is -2.08. The summed E-state index contributed by atoms with van der Waals surface area (Å²) in [4.78, 5) is 23.2. The lowest BCUT2D eigenvalue weighted by molar-refractivity contribution is -0.119. The van der Waals surface area contributed by atoms with Gasteiger partial charge in [-0.05, 0) is 30.5 Å². The molecule has 0 aromatic heterocycles. The van der Waals surface area contributed by atoms with Crippen molar-refractivity contribution in [2.75, 3.05) is 6.54 Å². The summed E-state index contributed by atoms with van der Waals surface area (Å²) in [6.07, 6.45) is 0.753. The van der Waals surface area contributed by atoms with E-state index in [2.05, 4.69) is 10.6 Å². The lowest BCUT2D eigenvalue weighted by atomic mass is 10.1. The molecule has 0 unspecified atom stereocenters. The smallest absolute Gasteiger partial charge is 0.253 e. The summed E-state index contributed by atoms with van der Waals surface area (Å²) in [5.74, 6) is -0.915. The first-order valence-corrected chi connectivity index (χ1v) is 6.62. The fourth-order valence-corrected chi connectivity index (χ4v) is 1.64. The standard InChI is InChI=1S/C14H17ClFN2O2/c1-9(2)5-6-17-13(19)8-18-14(20)11-4-3-10(16)7-12(11)15/h3-4,6-7,9H,5,8H2,1-2H3,(H,17,19)(H,18,20). The number of halogens is 2. The molecule has 0 heterocycles. The zero-order valence-corrected chi connectivity index (χ0v) is 12.1. The fourth-order valence-electron chi connectivity index (χ4n) is 1.39. The molecule has 4 nitrogen and oxygen atoms in total. The summed E-state index contributed by atoms with van der Waals surface area (Å²) in [7, 11) is 0. The van der Waals surface area contributed by atoms with E-state index in [1.807, 2.05) is 13.8 Å². The van der Waals surface area contributed by atoms with Crippen molar-refractivity contribution in [1.29, 1.82) is 0 Å². The van der Waals surface area contributed by atoms with Crippen LogP contribution < -0.4 is 10.6 Å². The van der Waals surface area contributed by atoms with Crippen LogP contribution in [0.15, 0.2) is 18.2 Å². The molecule has 20 heavy (non-hydrogen) atoms. The molecule has 2 amide bonds. The van der Waals surface area contributed by atoms with Crippen molar-refractivity contribution in [3.63, 3.8) is 0 Å². The van der Waals surface area contributed by atoms with Gasteiger partial charge in [-0.2, -0.15) is 0 Å². The molecular weight excluding hydrogens is 283 g/mol. The average molecular weight is 300 g/mol. The van der Waals surface area contributed by atoms with Gasteiger partial charge in [0.25, 0.3) is 5.91 Å². The number of amides is 2. The molecule has 1 aromatic rings. The first-order valence-electron chi connectivity index (χ1n) is 6.24. The van der Waals surface area contributed by atoms with Crippen molar-refractivity contribution < 1.29 is 14.0 Å². The second kappa shape index (κ2) is 7.85. The zero-order valence-electron chi connectivity index (χ0n) is 11.4. The third-order valence-corrected chi connectivity index (χ3v) is 2.75. The zero-order chi connectivity index (χ0) is 15.1. The van der Waals surface area contributed by atoms with Gasteiger partial charge in [-0.25, -0.2) is 4.39 Å². The molecule has 0 bridgehead atoms. The summed E-state index contributed by atoms with van der Waals surface area (Å²) in [5, 5.41) is 5.00. The van der Waals surface area contributed by atoms with Crippen molar-refractivity contribution in [3.05, 3.63) is 41.1 Å². The van der Waals surface area contributed by atoms with E-state index in [4.69, 9.17) is 11.6 Å². The van der Waals surface area contributed by atoms with Crippen LogP contribution in [0, 0.1) is 18.3 Å². The SMILES string of the molecule is CC(C)C[CH]NC(=O)CNC(=O)c1ccc(F)cc1Cl. The van der Waals surface area contributed by atoms with Crippen molar-refractivity contribution in [3.8, 4) is 0 Å². The molecule has 0 aliphatic heterocycles. The molecule has 1 aromatic carbocycles. The van der Waals surface area contributed by atoms with Gasteiger partial charge in [-0.15, -0.1) is 0 Å². The summed E-state index contributed by atoms with van der Waals surface area (Å²) in [6.45, 7) is 5.55. The Morgan fingerprint density at radius 3 is 2.70 bits per heavy atom. The molecule has 1 rings (SSSR count). The molecule has 0 saturated carbocycles. The van der Waals surface area contributed by atoms with Crippen LogP contribution in [0.25, 0.3) is 0 Å². The van der Waals surface area contributed by atoms with Crippen LogP contribution in [0.2, 0.25) is 5.02 Å². The first-order chi connectivity index (χ1) is 9.40. The second-order valence-corrected chi connectivity index (χ2v) is 5.12. The van der Waals surface area contributed by atoms with Crippen LogP contribution in [0.3, 0.4) is 0 Å². The molecule has 1 radical (unpaired) electrons. The number of benzene rings is 1. The first kappa shape index (κ1) is 16.4. The predicted octanol–water partition coefficient (Wildman–Crippen LogP) is 2.53. The maximum atomic E-state index is 12.8. The Bertz CT molecular complexity index is 492. The molecule has 0 fully saturated rings. The Morgan fingerprint density at radius 2 is 2.10 bits per heavy atom. The highest BCUT2D eigenvalue weighted by Gasteiger charge is 2.12. The van der Waals surface area contributed by atoms with E-state index >= 15 is 0 Å². The van der Waals surface area contributed by atoms with Crippen LogP contribution in [0.1, 0.15) is 30.6 Å². The number of rotatable bonds is 6. The van der Waals surface area contributed by atoms with Gasteiger partial charge >= 0.3 is 0 Å². The van der Waals surface area contributed by atoms with Crippen LogP contribution in [-0.2, 0) is 4.79 Å². The largest absolute Gasteiger partial charge is 0.350 e. The van der Waals surface area contributed by atoms with Crippen molar-refractivity contribution in [1.82, 2.24) is 10.6 Å². The van der Waals surface area contributed by atoms with Gasteiger partial charge in [0.2, 0.25) is 5.91 Å². The van der Waals surface area contributed by atoms with Crippen LogP contribution >= 0.6 is 11.6 Å². The molecule has 0 aliphatic rings. The molecule has 109 valence electrons. The van der Waals surface area contributed by atoms with Crippen LogP contribution in [0.4, 0.5) is 4.39 Å². The maximum absolute atomic E-state index is 12.8. The maximum Gasteiger partial charge on any atom is 0.253 e. The molecule has 0 saturated heterocycles. The minimum atomic E-state index is -0.521. The molecular formula is C14H17ClFN2O2. The van der Waals surface area contributed by atoms with Crippen molar-refractivity contribution in [2.45, 2.75) is 20.3 Å². The number of hydrogen-bond acceptors (Lipinski definition) is 2. The number of carbonyl (C=O) groups is 2. The minimum absolute atomic E-state index is 0.00859. The van der Waals surface area contributed by atoms with E-state index in [-0.39, 0.29) is 23.0 Å². The highest BCUT2D eigenvalue weighted by atomic mass is 35.5. The summed E-state index contributed by atoms with van der Waals surface area (Å²) in [5.41, 5.74) is 0.132. The van der Waals surface area contributed by atoms with Crippen LogP contribution in [-0.4, -0.2) is 18.4 Å². The highest BCUT2D eigenvalue weighted by molar-refractivity contribution is 6.33. The number of hydrogen-bond donors (Lipinski definition) is 2. The van der Waals surface area contributed by atoms with Gasteiger partial charge in [0.15, 0.2) is 0 Å². The quantitative estimate of drug-likeness (QED) is 0.848. The van der Waals surface area contributed by atoms with Gasteiger partial charge < -0.3 is 10.6 Å². The molecule has 0 spiro atoms. The topological polar surface area (TPSA) is 58.2 Å². The third kappa shape index (κ3) is 5.57. The summed E-state index contributed by atoms with van der Waals surface area (Å²) >= 11 is 5.75. The fraction of sp³-hybridized carbons (Fsp3) is 0.357. The average Bonchev–Trinajstić information content (AvgIpc) is 2.35. The Labute approximate surface area is 122 Å². The highest BCUT2D eigenvalue weighted by Crippen LogP contribution is 2.16. The summed E-state index contributed by atoms with van der Waals surface area (Å²) < 4.78 is 12.8. The third-order valence-electron chi connectivity index (χ3n) is 2.44. The molecule has 2 N–H and O–H groups in total. The van der Waals surface area contributed by atoms with Gasteiger partial charge in [-0.1, -0.05) is 25.4 Å². The van der Waals surface area contributed by atoms with E-state index in [1.165, 1.54) is 6.07 Å². The van der Waals surface area contributed by atoms with Gasteiger partial charge in [-0.3, -0.25) is 9.59 Å². The van der Waals surface area contributed by atoms with Crippen LogP contribution in [0.5, 0.6) is 0 Å². The molecule has 6 heteroatoms. The minimum Gasteiger partial charge on any atom is -0.350 e. The van der Waals surface area contributed by atoms with Crippen molar-refractivity contribution >= 4 is 23.4 Å². The van der Waals surface area contributed by atoms with E-state index in [0.29, 0.717) is 5.92 Å². The van der Waals surface area contributed by atoms with Crippen molar-refractivity contribution in [2.24, 2.45) is 5.92 Å². The Hall–Kier alpha value is -1.62. The summed E-state index contributed by atoms with van der Waals surface area (Å²) in [6, 6.07) is 3.46. The molecule has 0 aliphatic carbocycles. The normalized spacial score (nSPS) is 10.4. The van der Waals surface area contributed by atoms with E-state index in [9.17, 15) is 14.0 Å². The predicted molar refractivity (Wildman–Crippen MR) is 75.6 cm³/mol.